The van der Waals surface area contributed by atoms with E-state index in [1.165, 1.54) is 0 Å². The zero-order chi connectivity index (χ0) is 8.48. The van der Waals surface area contributed by atoms with E-state index < -0.39 is 0 Å². The standard InChI is InChI=1S/C8H15ClO2/c1-6-8(2,3)5-10-7(4-9)11-6/h6-7H,4-5H2,1-3H3/t6-,7-/m0/s1. The lowest BCUT2D eigenvalue weighted by atomic mass is 9.88. The predicted octanol–water partition coefficient (Wildman–Crippen LogP) is 2.01. The number of ether oxygens (including phenoxy) is 2. The van der Waals surface area contributed by atoms with Gasteiger partial charge in [-0.3, -0.25) is 0 Å². The highest BCUT2D eigenvalue weighted by Gasteiger charge is 2.34. The maximum atomic E-state index is 5.59. The van der Waals surface area contributed by atoms with Gasteiger partial charge in [0.05, 0.1) is 18.6 Å². The molecule has 0 saturated carbocycles. The molecule has 3 heteroatoms. The van der Waals surface area contributed by atoms with Gasteiger partial charge in [-0.25, -0.2) is 0 Å². The van der Waals surface area contributed by atoms with Crippen LogP contribution in [-0.4, -0.2) is 24.9 Å². The van der Waals surface area contributed by atoms with Crippen molar-refractivity contribution in [1.82, 2.24) is 0 Å². The molecular formula is C8H15ClO2. The lowest BCUT2D eigenvalue weighted by Gasteiger charge is -2.39. The Hall–Kier alpha value is 0.210. The van der Waals surface area contributed by atoms with Crippen LogP contribution in [0.3, 0.4) is 0 Å². The summed E-state index contributed by atoms with van der Waals surface area (Å²) in [5, 5.41) is 0. The Morgan fingerprint density at radius 1 is 1.55 bits per heavy atom. The molecule has 0 bridgehead atoms. The van der Waals surface area contributed by atoms with E-state index in [0.717, 1.165) is 6.61 Å². The van der Waals surface area contributed by atoms with Crippen LogP contribution in [0.1, 0.15) is 20.8 Å². The Balaban J connectivity index is 2.48. The monoisotopic (exact) mass is 178 g/mol. The molecule has 0 radical (unpaired) electrons. The minimum Gasteiger partial charge on any atom is -0.351 e. The van der Waals surface area contributed by atoms with E-state index >= 15 is 0 Å². The summed E-state index contributed by atoms with van der Waals surface area (Å²) >= 11 is 5.59. The van der Waals surface area contributed by atoms with Crippen LogP contribution in [0.4, 0.5) is 0 Å². The number of halogens is 1. The summed E-state index contributed by atoms with van der Waals surface area (Å²) in [6.45, 7) is 7.04. The lowest BCUT2D eigenvalue weighted by Crippen LogP contribution is -2.44. The molecule has 1 aliphatic heterocycles. The van der Waals surface area contributed by atoms with E-state index in [0.29, 0.717) is 5.88 Å². The maximum Gasteiger partial charge on any atom is 0.171 e. The van der Waals surface area contributed by atoms with Crippen LogP contribution < -0.4 is 0 Å². The predicted molar refractivity (Wildman–Crippen MR) is 44.8 cm³/mol. The van der Waals surface area contributed by atoms with Crippen LogP contribution in [0.2, 0.25) is 0 Å². The van der Waals surface area contributed by atoms with E-state index in [9.17, 15) is 0 Å². The topological polar surface area (TPSA) is 18.5 Å². The second-order valence-electron chi connectivity index (χ2n) is 3.66. The molecule has 0 aromatic heterocycles. The largest absolute Gasteiger partial charge is 0.351 e. The van der Waals surface area contributed by atoms with E-state index in [-0.39, 0.29) is 17.8 Å². The highest BCUT2D eigenvalue weighted by atomic mass is 35.5. The fourth-order valence-corrected chi connectivity index (χ4v) is 1.12. The third kappa shape index (κ3) is 2.08. The Bertz CT molecular complexity index is 136. The molecule has 1 rings (SSSR count). The molecule has 0 amide bonds. The minimum atomic E-state index is -0.209. The maximum absolute atomic E-state index is 5.59. The Labute approximate surface area is 72.8 Å². The first-order valence-corrected chi connectivity index (χ1v) is 4.43. The van der Waals surface area contributed by atoms with Crippen LogP contribution in [0, 0.1) is 5.41 Å². The Morgan fingerprint density at radius 3 is 2.64 bits per heavy atom. The minimum absolute atomic E-state index is 0.114. The number of rotatable bonds is 1. The van der Waals surface area contributed by atoms with Gasteiger partial charge in [0.25, 0.3) is 0 Å². The molecule has 0 unspecified atom stereocenters. The first-order chi connectivity index (χ1) is 5.06. The van der Waals surface area contributed by atoms with Crippen LogP contribution in [-0.2, 0) is 9.47 Å². The smallest absolute Gasteiger partial charge is 0.171 e. The summed E-state index contributed by atoms with van der Waals surface area (Å²) in [6.07, 6.45) is 0.0136. The number of hydrogen-bond acceptors (Lipinski definition) is 2. The first-order valence-electron chi connectivity index (χ1n) is 3.89. The molecule has 1 saturated heterocycles. The molecule has 11 heavy (non-hydrogen) atoms. The van der Waals surface area contributed by atoms with E-state index in [4.69, 9.17) is 21.1 Å². The van der Waals surface area contributed by atoms with Crippen molar-refractivity contribution in [1.29, 1.82) is 0 Å². The van der Waals surface area contributed by atoms with Gasteiger partial charge in [0.15, 0.2) is 6.29 Å². The van der Waals surface area contributed by atoms with Crippen molar-refractivity contribution >= 4 is 11.6 Å². The van der Waals surface area contributed by atoms with Gasteiger partial charge < -0.3 is 9.47 Å². The fraction of sp³-hybridized carbons (Fsp3) is 1.00. The van der Waals surface area contributed by atoms with Crippen molar-refractivity contribution in [3.8, 4) is 0 Å². The first kappa shape index (κ1) is 9.30. The van der Waals surface area contributed by atoms with Crippen molar-refractivity contribution in [2.75, 3.05) is 12.5 Å². The summed E-state index contributed by atoms with van der Waals surface area (Å²) in [7, 11) is 0. The molecule has 0 N–H and O–H groups in total. The zero-order valence-electron chi connectivity index (χ0n) is 7.26. The Kier molecular flexibility index (Phi) is 2.79. The van der Waals surface area contributed by atoms with Gasteiger partial charge in [-0.1, -0.05) is 13.8 Å². The number of hydrogen-bond donors (Lipinski definition) is 0. The van der Waals surface area contributed by atoms with Crippen LogP contribution in [0.25, 0.3) is 0 Å². The second kappa shape index (κ2) is 3.30. The van der Waals surface area contributed by atoms with Gasteiger partial charge in [-0.05, 0) is 6.92 Å². The molecular weight excluding hydrogens is 164 g/mol. The molecule has 0 spiro atoms. The molecule has 0 aliphatic carbocycles. The molecule has 1 heterocycles. The van der Waals surface area contributed by atoms with Crippen molar-refractivity contribution < 1.29 is 9.47 Å². The normalized spacial score (nSPS) is 37.1. The third-order valence-corrected chi connectivity index (χ3v) is 2.48. The molecule has 0 aromatic carbocycles. The molecule has 1 aliphatic rings. The summed E-state index contributed by atoms with van der Waals surface area (Å²) in [5.74, 6) is 0.417. The van der Waals surface area contributed by atoms with Crippen molar-refractivity contribution in [3.05, 3.63) is 0 Å². The lowest BCUT2D eigenvalue weighted by molar-refractivity contribution is -0.244. The van der Waals surface area contributed by atoms with Gasteiger partial charge in [0.1, 0.15) is 0 Å². The molecule has 2 nitrogen and oxygen atoms in total. The highest BCUT2D eigenvalue weighted by Crippen LogP contribution is 2.29. The zero-order valence-corrected chi connectivity index (χ0v) is 8.02. The van der Waals surface area contributed by atoms with Crippen LogP contribution in [0.15, 0.2) is 0 Å². The molecule has 2 atom stereocenters. The van der Waals surface area contributed by atoms with Crippen molar-refractivity contribution in [2.45, 2.75) is 33.2 Å². The third-order valence-electron chi connectivity index (χ3n) is 2.22. The summed E-state index contributed by atoms with van der Waals surface area (Å²) < 4.78 is 10.9. The number of alkyl halides is 1. The average Bonchev–Trinajstić information content (AvgIpc) is 1.95. The second-order valence-corrected chi connectivity index (χ2v) is 3.97. The quantitative estimate of drug-likeness (QED) is 0.572. The molecule has 66 valence electrons. The van der Waals surface area contributed by atoms with E-state index in [2.05, 4.69) is 20.8 Å². The summed E-state index contributed by atoms with van der Waals surface area (Å²) in [4.78, 5) is 0. The van der Waals surface area contributed by atoms with Gasteiger partial charge in [-0.15, -0.1) is 11.6 Å². The van der Waals surface area contributed by atoms with E-state index in [1.54, 1.807) is 0 Å². The SMILES string of the molecule is C[C@@H]1O[C@@H](CCl)OCC1(C)C. The molecule has 0 aromatic rings. The summed E-state index contributed by atoms with van der Waals surface area (Å²) in [6, 6.07) is 0. The molecule has 1 fully saturated rings. The van der Waals surface area contributed by atoms with Crippen LogP contribution >= 0.6 is 11.6 Å². The van der Waals surface area contributed by atoms with Crippen molar-refractivity contribution in [3.63, 3.8) is 0 Å². The van der Waals surface area contributed by atoms with Gasteiger partial charge in [0.2, 0.25) is 0 Å². The van der Waals surface area contributed by atoms with E-state index in [1.807, 2.05) is 0 Å². The Morgan fingerprint density at radius 2 is 2.18 bits per heavy atom. The van der Waals surface area contributed by atoms with Gasteiger partial charge in [-0.2, -0.15) is 0 Å². The van der Waals surface area contributed by atoms with Gasteiger partial charge >= 0.3 is 0 Å². The fourth-order valence-electron chi connectivity index (χ4n) is 0.957. The highest BCUT2D eigenvalue weighted by molar-refractivity contribution is 6.18. The van der Waals surface area contributed by atoms with Crippen molar-refractivity contribution in [2.24, 2.45) is 5.41 Å². The average molecular weight is 179 g/mol. The summed E-state index contributed by atoms with van der Waals surface area (Å²) in [5.41, 5.74) is 0.114. The van der Waals surface area contributed by atoms with Crippen LogP contribution in [0.5, 0.6) is 0 Å². The van der Waals surface area contributed by atoms with Gasteiger partial charge in [0, 0.05) is 5.41 Å².